The Morgan fingerprint density at radius 2 is 1.58 bits per heavy atom. The summed E-state index contributed by atoms with van der Waals surface area (Å²) in [6, 6.07) is 17.5. The van der Waals surface area contributed by atoms with Gasteiger partial charge in [-0.25, -0.2) is 4.68 Å². The third-order valence-electron chi connectivity index (χ3n) is 13.7. The molecule has 6 rings (SSSR count). The van der Waals surface area contributed by atoms with Crippen LogP contribution in [0.2, 0.25) is 18.1 Å². The van der Waals surface area contributed by atoms with Gasteiger partial charge in [0.15, 0.2) is 14.1 Å². The highest BCUT2D eigenvalue weighted by atomic mass is 28.4. The van der Waals surface area contributed by atoms with Crippen molar-refractivity contribution >= 4 is 14.1 Å². The SMILES string of the molecule is C[C@@H]1[C@@H]([C@@]2(C)Cc3cn(-c4ccc(C(=O)c5ccccc5)cc4)nc3C[C@@H]2CO[Si](C)(C)C(C)(C)C)CC[C@]2(C)[C@@H](C)CC[C@@H]12. The van der Waals surface area contributed by atoms with Gasteiger partial charge in [0.1, 0.15) is 0 Å². The van der Waals surface area contributed by atoms with Crippen LogP contribution in [0.5, 0.6) is 0 Å². The van der Waals surface area contributed by atoms with Crippen molar-refractivity contribution in [3.05, 3.63) is 83.2 Å². The number of ketones is 1. The standard InChI is InChI=1S/C40H56N2O2Si/c1-27-15-20-34-28(2)35(21-22-39(27,34)6)40(7)24-31-25-42(41-36(31)23-32(40)26-44-45(8,9)38(3,4)5)33-18-16-30(17-19-33)37(43)29-13-11-10-12-14-29/h10-14,16-19,25,27-28,32,34-35H,15,20-24,26H2,1-9H3/t27-,28-,32+,34-,35-,39+,40-/m0/s1. The summed E-state index contributed by atoms with van der Waals surface area (Å²) >= 11 is 0. The predicted molar refractivity (Wildman–Crippen MR) is 187 cm³/mol. The molecule has 0 N–H and O–H groups in total. The molecule has 242 valence electrons. The monoisotopic (exact) mass is 624 g/mol. The fourth-order valence-electron chi connectivity index (χ4n) is 9.34. The lowest BCUT2D eigenvalue weighted by molar-refractivity contribution is -0.0646. The molecular formula is C40H56N2O2Si. The molecule has 3 aliphatic rings. The number of fused-ring (bicyclic) bond motifs is 2. The van der Waals surface area contributed by atoms with E-state index in [0.29, 0.717) is 22.8 Å². The summed E-state index contributed by atoms with van der Waals surface area (Å²) in [6.45, 7) is 23.0. The molecule has 2 aromatic carbocycles. The van der Waals surface area contributed by atoms with Gasteiger partial charge < -0.3 is 4.43 Å². The van der Waals surface area contributed by atoms with Crippen LogP contribution in [0.25, 0.3) is 5.69 Å². The molecule has 7 atom stereocenters. The molecule has 2 fully saturated rings. The van der Waals surface area contributed by atoms with Crippen molar-refractivity contribution in [1.29, 1.82) is 0 Å². The number of carbonyl (C=O) groups is 1. The van der Waals surface area contributed by atoms with Gasteiger partial charge in [-0.3, -0.25) is 4.79 Å². The molecule has 0 bridgehead atoms. The summed E-state index contributed by atoms with van der Waals surface area (Å²) in [5.41, 5.74) is 5.71. The second-order valence-corrected chi connectivity index (χ2v) is 21.8. The van der Waals surface area contributed by atoms with Crippen LogP contribution in [0.4, 0.5) is 0 Å². The maximum atomic E-state index is 13.0. The molecule has 0 radical (unpaired) electrons. The molecule has 2 saturated carbocycles. The zero-order valence-electron chi connectivity index (χ0n) is 29.3. The maximum Gasteiger partial charge on any atom is 0.193 e. The topological polar surface area (TPSA) is 44.1 Å². The fourth-order valence-corrected chi connectivity index (χ4v) is 10.4. The van der Waals surface area contributed by atoms with Gasteiger partial charge in [0, 0.05) is 23.9 Å². The van der Waals surface area contributed by atoms with E-state index < -0.39 is 8.32 Å². The number of carbonyl (C=O) groups excluding carboxylic acids is 1. The Hall–Kier alpha value is -2.50. The number of benzene rings is 2. The van der Waals surface area contributed by atoms with Crippen LogP contribution in [0.3, 0.4) is 0 Å². The summed E-state index contributed by atoms with van der Waals surface area (Å²) in [7, 11) is -1.89. The summed E-state index contributed by atoms with van der Waals surface area (Å²) < 4.78 is 9.08. The fraction of sp³-hybridized carbons (Fsp3) is 0.600. The highest BCUT2D eigenvalue weighted by Crippen LogP contribution is 2.63. The average molecular weight is 625 g/mol. The minimum absolute atomic E-state index is 0.0524. The highest BCUT2D eigenvalue weighted by Gasteiger charge is 2.56. The lowest BCUT2D eigenvalue weighted by Gasteiger charge is -2.56. The van der Waals surface area contributed by atoms with Crippen molar-refractivity contribution in [2.24, 2.45) is 40.4 Å². The van der Waals surface area contributed by atoms with E-state index in [2.05, 4.69) is 72.4 Å². The Labute approximate surface area is 273 Å². The molecule has 0 unspecified atom stereocenters. The van der Waals surface area contributed by atoms with Crippen LogP contribution in [-0.2, 0) is 17.3 Å². The molecule has 1 heterocycles. The average Bonchev–Trinajstić information content (AvgIpc) is 3.55. The minimum atomic E-state index is -1.89. The molecule has 3 aliphatic carbocycles. The van der Waals surface area contributed by atoms with E-state index in [1.54, 1.807) is 0 Å². The van der Waals surface area contributed by atoms with Crippen LogP contribution in [0.15, 0.2) is 60.8 Å². The second kappa shape index (κ2) is 11.6. The first kappa shape index (κ1) is 32.4. The summed E-state index contributed by atoms with van der Waals surface area (Å²) in [5.74, 6) is 3.57. The Balaban J connectivity index is 1.29. The van der Waals surface area contributed by atoms with Crippen molar-refractivity contribution in [1.82, 2.24) is 9.78 Å². The lowest BCUT2D eigenvalue weighted by Crippen LogP contribution is -2.52. The number of hydrogen-bond acceptors (Lipinski definition) is 3. The quantitative estimate of drug-likeness (QED) is 0.194. The van der Waals surface area contributed by atoms with Gasteiger partial charge in [-0.15, -0.1) is 0 Å². The predicted octanol–water partition coefficient (Wildman–Crippen LogP) is 9.94. The molecule has 0 aliphatic heterocycles. The summed E-state index contributed by atoms with van der Waals surface area (Å²) in [6.07, 6.45) is 9.78. The Bertz CT molecular complexity index is 1520. The molecule has 45 heavy (non-hydrogen) atoms. The van der Waals surface area contributed by atoms with E-state index in [1.807, 2.05) is 54.6 Å². The Morgan fingerprint density at radius 1 is 0.933 bits per heavy atom. The van der Waals surface area contributed by atoms with Gasteiger partial charge in [0.25, 0.3) is 0 Å². The Morgan fingerprint density at radius 3 is 2.24 bits per heavy atom. The van der Waals surface area contributed by atoms with Crippen molar-refractivity contribution in [2.45, 2.75) is 105 Å². The van der Waals surface area contributed by atoms with E-state index in [9.17, 15) is 4.79 Å². The highest BCUT2D eigenvalue weighted by molar-refractivity contribution is 6.74. The summed E-state index contributed by atoms with van der Waals surface area (Å²) in [5, 5.41) is 5.38. The van der Waals surface area contributed by atoms with E-state index in [1.165, 1.54) is 36.9 Å². The number of hydrogen-bond donors (Lipinski definition) is 0. The number of rotatable bonds is 7. The van der Waals surface area contributed by atoms with Gasteiger partial charge >= 0.3 is 0 Å². The molecule has 0 spiro atoms. The molecule has 4 nitrogen and oxygen atoms in total. The van der Waals surface area contributed by atoms with Gasteiger partial charge in [-0.05, 0) is 127 Å². The van der Waals surface area contributed by atoms with Crippen LogP contribution in [0, 0.1) is 40.4 Å². The second-order valence-electron chi connectivity index (χ2n) is 17.0. The van der Waals surface area contributed by atoms with Crippen LogP contribution in [0.1, 0.15) is 101 Å². The van der Waals surface area contributed by atoms with Gasteiger partial charge in [-0.1, -0.05) is 78.8 Å². The van der Waals surface area contributed by atoms with E-state index in [-0.39, 0.29) is 16.2 Å². The Kier molecular flexibility index (Phi) is 8.38. The lowest BCUT2D eigenvalue weighted by atomic mass is 9.49. The van der Waals surface area contributed by atoms with Crippen molar-refractivity contribution in [3.63, 3.8) is 0 Å². The van der Waals surface area contributed by atoms with Gasteiger partial charge in [0.05, 0.1) is 11.4 Å². The smallest absolute Gasteiger partial charge is 0.193 e. The molecule has 3 aromatic rings. The van der Waals surface area contributed by atoms with E-state index in [0.717, 1.165) is 48.5 Å². The third-order valence-corrected chi connectivity index (χ3v) is 18.2. The zero-order valence-corrected chi connectivity index (χ0v) is 30.3. The summed E-state index contributed by atoms with van der Waals surface area (Å²) in [4.78, 5) is 13.0. The first-order valence-corrected chi connectivity index (χ1v) is 20.5. The van der Waals surface area contributed by atoms with Crippen molar-refractivity contribution in [3.8, 4) is 5.69 Å². The van der Waals surface area contributed by atoms with E-state index >= 15 is 0 Å². The van der Waals surface area contributed by atoms with Crippen LogP contribution in [-0.4, -0.2) is 30.5 Å². The first-order valence-electron chi connectivity index (χ1n) is 17.6. The zero-order chi connectivity index (χ0) is 32.4. The first-order chi connectivity index (χ1) is 21.1. The largest absolute Gasteiger partial charge is 0.417 e. The molecule has 0 saturated heterocycles. The van der Waals surface area contributed by atoms with Gasteiger partial charge in [-0.2, -0.15) is 5.10 Å². The van der Waals surface area contributed by atoms with Crippen molar-refractivity contribution in [2.75, 3.05) is 6.61 Å². The normalized spacial score (nSPS) is 31.8. The van der Waals surface area contributed by atoms with Gasteiger partial charge in [0.2, 0.25) is 0 Å². The number of nitrogens with zero attached hydrogens (tertiary/aromatic N) is 2. The molecule has 1 aromatic heterocycles. The molecule has 0 amide bonds. The minimum Gasteiger partial charge on any atom is -0.417 e. The third kappa shape index (κ3) is 5.71. The van der Waals surface area contributed by atoms with Crippen molar-refractivity contribution < 1.29 is 9.22 Å². The molecule has 5 heteroatoms. The van der Waals surface area contributed by atoms with E-state index in [4.69, 9.17) is 9.52 Å². The maximum absolute atomic E-state index is 13.0. The van der Waals surface area contributed by atoms with Crippen LogP contribution < -0.4 is 0 Å². The molecular weight excluding hydrogens is 569 g/mol. The van der Waals surface area contributed by atoms with Crippen LogP contribution >= 0.6 is 0 Å². The number of aromatic nitrogens is 2.